The second kappa shape index (κ2) is 10.2. The number of fused-ring (bicyclic) bond motifs is 1. The zero-order valence-electron chi connectivity index (χ0n) is 19.2. The molecule has 2 aromatic rings. The predicted molar refractivity (Wildman–Crippen MR) is 124 cm³/mol. The van der Waals surface area contributed by atoms with Crippen molar-refractivity contribution in [2.75, 3.05) is 12.1 Å². The molecule has 0 radical (unpaired) electrons. The number of carbonyl (C=O) groups excluding carboxylic acids is 1. The van der Waals surface area contributed by atoms with Gasteiger partial charge < -0.3 is 19.9 Å². The van der Waals surface area contributed by atoms with E-state index in [1.165, 1.54) is 0 Å². The maximum Gasteiger partial charge on any atom is 0.231 e. The summed E-state index contributed by atoms with van der Waals surface area (Å²) in [6.07, 6.45) is 4.62. The zero-order chi connectivity index (χ0) is 22.4. The number of nitrogens with one attached hydrogen (secondary N) is 1. The summed E-state index contributed by atoms with van der Waals surface area (Å²) in [7, 11) is 0. The van der Waals surface area contributed by atoms with Gasteiger partial charge in [0, 0.05) is 17.7 Å². The second-order valence-electron chi connectivity index (χ2n) is 9.31. The number of amides is 1. The number of rotatable bonds is 9. The topological polar surface area (TPSA) is 67.8 Å². The van der Waals surface area contributed by atoms with Crippen LogP contribution in [-0.4, -0.2) is 17.8 Å². The van der Waals surface area contributed by atoms with Crippen LogP contribution in [0.4, 0.5) is 5.69 Å². The molecule has 1 amide bonds. The molecule has 0 saturated carbocycles. The number of aliphatic hydroxyl groups excluding tert-OH is 1. The highest BCUT2D eigenvalue weighted by Crippen LogP contribution is 2.42. The first-order valence-electron chi connectivity index (χ1n) is 11.3. The van der Waals surface area contributed by atoms with E-state index in [4.69, 9.17) is 9.47 Å². The Morgan fingerprint density at radius 3 is 2.68 bits per heavy atom. The quantitative estimate of drug-likeness (QED) is 0.491. The lowest BCUT2D eigenvalue weighted by molar-refractivity contribution is -0.116. The summed E-state index contributed by atoms with van der Waals surface area (Å²) in [4.78, 5) is 13.2. The summed E-state index contributed by atoms with van der Waals surface area (Å²) in [5, 5.41) is 12.7. The Labute approximate surface area is 185 Å². The molecule has 1 aliphatic heterocycles. The van der Waals surface area contributed by atoms with Crippen molar-refractivity contribution in [1.82, 2.24) is 0 Å². The number of aliphatic hydroxyl groups is 1. The molecule has 168 valence electrons. The number of carbonyl (C=O) groups is 1. The molecule has 0 aliphatic carbocycles. The van der Waals surface area contributed by atoms with E-state index < -0.39 is 0 Å². The lowest BCUT2D eigenvalue weighted by atomic mass is 9.85. The van der Waals surface area contributed by atoms with Gasteiger partial charge in [-0.3, -0.25) is 4.79 Å². The Hall–Kier alpha value is -2.53. The Bertz CT molecular complexity index is 901. The van der Waals surface area contributed by atoms with Crippen LogP contribution >= 0.6 is 0 Å². The van der Waals surface area contributed by atoms with Crippen molar-refractivity contribution in [3.8, 4) is 11.5 Å². The van der Waals surface area contributed by atoms with Gasteiger partial charge in [0.05, 0.1) is 6.61 Å². The summed E-state index contributed by atoms with van der Waals surface area (Å²) >= 11 is 0. The van der Waals surface area contributed by atoms with Crippen LogP contribution in [0.3, 0.4) is 0 Å². The number of benzene rings is 2. The minimum Gasteiger partial charge on any atom is -0.454 e. The smallest absolute Gasteiger partial charge is 0.231 e. The van der Waals surface area contributed by atoms with Crippen molar-refractivity contribution < 1.29 is 19.4 Å². The van der Waals surface area contributed by atoms with Crippen LogP contribution < -0.4 is 14.8 Å². The molecular weight excluding hydrogens is 390 g/mol. The number of ether oxygens (including phenoxy) is 2. The van der Waals surface area contributed by atoms with Gasteiger partial charge in [-0.1, -0.05) is 71.2 Å². The van der Waals surface area contributed by atoms with E-state index in [-0.39, 0.29) is 30.6 Å². The minimum atomic E-state index is -0.122. The van der Waals surface area contributed by atoms with Gasteiger partial charge in [-0.05, 0) is 41.0 Å². The molecule has 0 aromatic heterocycles. The maximum atomic E-state index is 13.2. The third-order valence-corrected chi connectivity index (χ3v) is 5.80. The highest BCUT2D eigenvalue weighted by molar-refractivity contribution is 5.92. The van der Waals surface area contributed by atoms with E-state index in [9.17, 15) is 9.90 Å². The van der Waals surface area contributed by atoms with Crippen LogP contribution in [0.5, 0.6) is 11.5 Å². The highest BCUT2D eigenvalue weighted by Gasteiger charge is 2.26. The molecule has 5 nitrogen and oxygen atoms in total. The third-order valence-electron chi connectivity index (χ3n) is 5.80. The summed E-state index contributed by atoms with van der Waals surface area (Å²) in [5.41, 5.74) is 3.53. The molecule has 0 saturated heterocycles. The van der Waals surface area contributed by atoms with Crippen molar-refractivity contribution in [3.05, 3.63) is 53.1 Å². The van der Waals surface area contributed by atoms with Gasteiger partial charge in [0.2, 0.25) is 12.7 Å². The first-order valence-corrected chi connectivity index (χ1v) is 11.3. The van der Waals surface area contributed by atoms with Gasteiger partial charge in [-0.2, -0.15) is 0 Å². The first kappa shape index (κ1) is 23.1. The van der Waals surface area contributed by atoms with Gasteiger partial charge >= 0.3 is 0 Å². The maximum absolute atomic E-state index is 13.2. The zero-order valence-corrected chi connectivity index (χ0v) is 19.2. The number of unbranched alkanes of at least 4 members (excludes halogenated alkanes) is 2. The van der Waals surface area contributed by atoms with Crippen LogP contribution in [0.25, 0.3) is 0 Å². The second-order valence-corrected chi connectivity index (χ2v) is 9.31. The molecule has 0 bridgehead atoms. The Balaban J connectivity index is 1.83. The van der Waals surface area contributed by atoms with Crippen molar-refractivity contribution in [1.29, 1.82) is 0 Å². The molecule has 1 heterocycles. The number of para-hydroxylation sites is 1. The van der Waals surface area contributed by atoms with Crippen molar-refractivity contribution in [3.63, 3.8) is 0 Å². The molecule has 5 heteroatoms. The van der Waals surface area contributed by atoms with E-state index in [1.54, 1.807) is 0 Å². The lowest BCUT2D eigenvalue weighted by Crippen LogP contribution is -2.20. The van der Waals surface area contributed by atoms with Crippen LogP contribution in [-0.2, 0) is 16.8 Å². The van der Waals surface area contributed by atoms with Crippen molar-refractivity contribution in [2.45, 2.75) is 77.7 Å². The summed E-state index contributed by atoms with van der Waals surface area (Å²) in [6.45, 7) is 8.71. The van der Waals surface area contributed by atoms with Crippen LogP contribution in [0.15, 0.2) is 36.4 Å². The lowest BCUT2D eigenvalue weighted by Gasteiger charge is -2.24. The van der Waals surface area contributed by atoms with Crippen LogP contribution in [0.2, 0.25) is 0 Å². The van der Waals surface area contributed by atoms with Gasteiger partial charge in [0.1, 0.15) is 0 Å². The third kappa shape index (κ3) is 5.79. The first-order chi connectivity index (χ1) is 14.8. The highest BCUT2D eigenvalue weighted by atomic mass is 16.7. The Kier molecular flexibility index (Phi) is 7.60. The number of hydrogen-bond donors (Lipinski definition) is 2. The molecule has 1 aliphatic rings. The summed E-state index contributed by atoms with van der Waals surface area (Å²) < 4.78 is 11.3. The SMILES string of the molecule is CCCCCC(CC(=O)Nc1cc(CO)ccc1C(C)(C)C)c1cccc2c1OCO2. The van der Waals surface area contributed by atoms with E-state index in [1.807, 2.05) is 36.4 Å². The molecule has 3 rings (SSSR count). The molecule has 1 atom stereocenters. The summed E-state index contributed by atoms with van der Waals surface area (Å²) in [6, 6.07) is 11.7. The Morgan fingerprint density at radius 1 is 1.16 bits per heavy atom. The molecule has 2 aromatic carbocycles. The van der Waals surface area contributed by atoms with E-state index in [0.29, 0.717) is 6.42 Å². The standard InChI is InChI=1S/C26H35NO4/c1-5-6-7-9-19(20-10-8-11-23-25(20)31-17-30-23)15-24(29)27-22-14-18(16-28)12-13-21(22)26(2,3)4/h8,10-14,19,28H,5-7,9,15-17H2,1-4H3,(H,27,29). The van der Waals surface area contributed by atoms with Crippen molar-refractivity contribution >= 4 is 11.6 Å². The molecule has 2 N–H and O–H groups in total. The molecule has 31 heavy (non-hydrogen) atoms. The molecule has 0 spiro atoms. The van der Waals surface area contributed by atoms with Gasteiger partial charge in [-0.15, -0.1) is 0 Å². The van der Waals surface area contributed by atoms with Crippen LogP contribution in [0, 0.1) is 0 Å². The monoisotopic (exact) mass is 425 g/mol. The Morgan fingerprint density at radius 2 is 1.97 bits per heavy atom. The van der Waals surface area contributed by atoms with Crippen molar-refractivity contribution in [2.24, 2.45) is 0 Å². The average molecular weight is 426 g/mol. The van der Waals surface area contributed by atoms with Gasteiger partial charge in [0.25, 0.3) is 0 Å². The van der Waals surface area contributed by atoms with Crippen LogP contribution in [0.1, 0.15) is 82.4 Å². The summed E-state index contributed by atoms with van der Waals surface area (Å²) in [5.74, 6) is 1.56. The molecular formula is C26H35NO4. The van der Waals surface area contributed by atoms with E-state index in [2.05, 4.69) is 33.0 Å². The fourth-order valence-corrected chi connectivity index (χ4v) is 4.15. The average Bonchev–Trinajstić information content (AvgIpc) is 3.21. The van der Waals surface area contributed by atoms with Gasteiger partial charge in [-0.25, -0.2) is 0 Å². The fourth-order valence-electron chi connectivity index (χ4n) is 4.15. The fraction of sp³-hybridized carbons (Fsp3) is 0.500. The largest absolute Gasteiger partial charge is 0.454 e. The number of anilines is 1. The minimum absolute atomic E-state index is 0.0291. The number of hydrogen-bond acceptors (Lipinski definition) is 4. The predicted octanol–water partition coefficient (Wildman–Crippen LogP) is 5.90. The molecule has 0 fully saturated rings. The molecule has 1 unspecified atom stereocenters. The van der Waals surface area contributed by atoms with E-state index >= 15 is 0 Å². The van der Waals surface area contributed by atoms with E-state index in [0.717, 1.165) is 59.6 Å². The van der Waals surface area contributed by atoms with Gasteiger partial charge in [0.15, 0.2) is 11.5 Å². The normalized spacial score (nSPS) is 13.8.